The van der Waals surface area contributed by atoms with E-state index in [9.17, 15) is 0 Å². The zero-order chi connectivity index (χ0) is 17.8. The van der Waals surface area contributed by atoms with Crippen LogP contribution in [0.2, 0.25) is 0 Å². The fourth-order valence-electron chi connectivity index (χ4n) is 3.79. The summed E-state index contributed by atoms with van der Waals surface area (Å²) < 4.78 is 11.4. The van der Waals surface area contributed by atoms with Crippen molar-refractivity contribution in [3.63, 3.8) is 0 Å². The van der Waals surface area contributed by atoms with Crippen LogP contribution in [0.15, 0.2) is 53.1 Å². The first-order chi connectivity index (χ1) is 12.8. The number of ether oxygens (including phenoxy) is 1. The molecule has 0 radical (unpaired) electrons. The molecule has 2 aromatic heterocycles. The molecule has 0 spiro atoms. The van der Waals surface area contributed by atoms with Gasteiger partial charge in [0.05, 0.1) is 6.20 Å². The predicted octanol–water partition coefficient (Wildman–Crippen LogP) is 3.82. The van der Waals surface area contributed by atoms with Crippen molar-refractivity contribution in [3.8, 4) is 11.5 Å². The number of nitrogens with zero attached hydrogens (tertiary/aromatic N) is 1. The Morgan fingerprint density at radius 3 is 2.65 bits per heavy atom. The number of rotatable bonds is 6. The molecule has 5 nitrogen and oxygen atoms in total. The molecule has 5 heteroatoms. The van der Waals surface area contributed by atoms with Crippen molar-refractivity contribution in [1.29, 1.82) is 0 Å². The second kappa shape index (κ2) is 7.48. The predicted molar refractivity (Wildman–Crippen MR) is 101 cm³/mol. The fourth-order valence-corrected chi connectivity index (χ4v) is 3.79. The minimum Gasteiger partial charge on any atom is -0.460 e. The Morgan fingerprint density at radius 2 is 1.92 bits per heavy atom. The molecule has 3 heterocycles. The van der Waals surface area contributed by atoms with Crippen LogP contribution in [0.25, 0.3) is 11.5 Å². The van der Waals surface area contributed by atoms with E-state index >= 15 is 0 Å². The molecule has 2 N–H and O–H groups in total. The number of hydrogen-bond donors (Lipinski definition) is 2. The standard InChI is InChI=1S/C21H25N3O2/c1-16-7-8-19(26-16)20-17(14-23-24-20)13-22-15-21(9-11-25-12-10-21)18-5-3-2-4-6-18/h2-8,14,22H,9-13,15H2,1H3,(H,23,24). The van der Waals surface area contributed by atoms with Gasteiger partial charge >= 0.3 is 0 Å². The maximum atomic E-state index is 5.74. The smallest absolute Gasteiger partial charge is 0.152 e. The number of hydrogen-bond acceptors (Lipinski definition) is 4. The lowest BCUT2D eigenvalue weighted by Gasteiger charge is -2.38. The Morgan fingerprint density at radius 1 is 1.12 bits per heavy atom. The molecule has 0 bridgehead atoms. The number of aryl methyl sites for hydroxylation is 1. The molecule has 26 heavy (non-hydrogen) atoms. The normalized spacial score (nSPS) is 16.7. The maximum absolute atomic E-state index is 5.74. The highest BCUT2D eigenvalue weighted by molar-refractivity contribution is 5.56. The Kier molecular flexibility index (Phi) is 4.91. The summed E-state index contributed by atoms with van der Waals surface area (Å²) in [5, 5.41) is 10.9. The molecule has 0 aliphatic carbocycles. The summed E-state index contributed by atoms with van der Waals surface area (Å²) in [6.45, 7) is 5.26. The molecule has 1 aliphatic heterocycles. The molecule has 0 amide bonds. The van der Waals surface area contributed by atoms with Crippen molar-refractivity contribution < 1.29 is 9.15 Å². The topological polar surface area (TPSA) is 63.1 Å². The highest BCUT2D eigenvalue weighted by Crippen LogP contribution is 2.34. The summed E-state index contributed by atoms with van der Waals surface area (Å²) in [5.74, 6) is 1.74. The zero-order valence-electron chi connectivity index (χ0n) is 15.1. The van der Waals surface area contributed by atoms with Crippen molar-refractivity contribution in [2.75, 3.05) is 19.8 Å². The molecule has 1 aliphatic rings. The van der Waals surface area contributed by atoms with Crippen LogP contribution >= 0.6 is 0 Å². The van der Waals surface area contributed by atoms with Crippen LogP contribution in [0.1, 0.15) is 29.7 Å². The van der Waals surface area contributed by atoms with Gasteiger partial charge in [-0.3, -0.25) is 5.10 Å². The number of furan rings is 1. The van der Waals surface area contributed by atoms with Gasteiger partial charge in [-0.15, -0.1) is 0 Å². The van der Waals surface area contributed by atoms with Gasteiger partial charge < -0.3 is 14.5 Å². The maximum Gasteiger partial charge on any atom is 0.152 e. The third kappa shape index (κ3) is 3.45. The van der Waals surface area contributed by atoms with E-state index in [2.05, 4.69) is 45.8 Å². The lowest BCUT2D eigenvalue weighted by molar-refractivity contribution is 0.0498. The SMILES string of the molecule is Cc1ccc(-c2[nH]ncc2CNCC2(c3ccccc3)CCOCC2)o1. The van der Waals surface area contributed by atoms with Gasteiger partial charge in [0.25, 0.3) is 0 Å². The van der Waals surface area contributed by atoms with E-state index in [0.29, 0.717) is 0 Å². The van der Waals surface area contributed by atoms with Crippen LogP contribution < -0.4 is 5.32 Å². The van der Waals surface area contributed by atoms with E-state index in [1.807, 2.05) is 25.3 Å². The van der Waals surface area contributed by atoms with E-state index in [4.69, 9.17) is 9.15 Å². The number of aromatic amines is 1. The van der Waals surface area contributed by atoms with Gasteiger partial charge in [-0.1, -0.05) is 30.3 Å². The first kappa shape index (κ1) is 17.1. The zero-order valence-corrected chi connectivity index (χ0v) is 15.1. The van der Waals surface area contributed by atoms with Gasteiger partial charge in [0, 0.05) is 37.3 Å². The van der Waals surface area contributed by atoms with E-state index in [1.54, 1.807) is 0 Å². The second-order valence-electron chi connectivity index (χ2n) is 7.04. The quantitative estimate of drug-likeness (QED) is 0.709. The Hall–Kier alpha value is -2.37. The molecular weight excluding hydrogens is 326 g/mol. The molecule has 1 aromatic carbocycles. The van der Waals surface area contributed by atoms with Crippen molar-refractivity contribution >= 4 is 0 Å². The third-order valence-corrected chi connectivity index (χ3v) is 5.32. The highest BCUT2D eigenvalue weighted by atomic mass is 16.5. The van der Waals surface area contributed by atoms with Crippen molar-refractivity contribution in [1.82, 2.24) is 15.5 Å². The summed E-state index contributed by atoms with van der Waals surface area (Å²) in [4.78, 5) is 0. The van der Waals surface area contributed by atoms with Crippen molar-refractivity contribution in [2.24, 2.45) is 0 Å². The van der Waals surface area contributed by atoms with Crippen LogP contribution in [0.4, 0.5) is 0 Å². The van der Waals surface area contributed by atoms with Crippen molar-refractivity contribution in [2.45, 2.75) is 31.7 Å². The highest BCUT2D eigenvalue weighted by Gasteiger charge is 2.34. The molecule has 136 valence electrons. The molecular formula is C21H25N3O2. The summed E-state index contributed by atoms with van der Waals surface area (Å²) >= 11 is 0. The minimum absolute atomic E-state index is 0.130. The lowest BCUT2D eigenvalue weighted by atomic mass is 9.74. The molecule has 0 unspecified atom stereocenters. The van der Waals surface area contributed by atoms with Crippen LogP contribution in [-0.2, 0) is 16.7 Å². The van der Waals surface area contributed by atoms with Gasteiger partial charge in [-0.25, -0.2) is 0 Å². The second-order valence-corrected chi connectivity index (χ2v) is 7.04. The summed E-state index contributed by atoms with van der Waals surface area (Å²) in [6, 6.07) is 14.8. The van der Waals surface area contributed by atoms with E-state index in [1.165, 1.54) is 5.56 Å². The van der Waals surface area contributed by atoms with Gasteiger partial charge in [-0.05, 0) is 37.5 Å². The summed E-state index contributed by atoms with van der Waals surface area (Å²) in [6.07, 6.45) is 3.96. The average Bonchev–Trinajstić information content (AvgIpc) is 3.32. The number of benzene rings is 1. The Bertz CT molecular complexity index is 832. The molecule has 0 saturated carbocycles. The van der Waals surface area contributed by atoms with Gasteiger partial charge in [0.2, 0.25) is 0 Å². The van der Waals surface area contributed by atoms with Gasteiger partial charge in [0.1, 0.15) is 11.5 Å². The monoisotopic (exact) mass is 351 g/mol. The lowest BCUT2D eigenvalue weighted by Crippen LogP contribution is -2.42. The van der Waals surface area contributed by atoms with Crippen LogP contribution in [0.5, 0.6) is 0 Å². The number of nitrogens with one attached hydrogen (secondary N) is 2. The van der Waals surface area contributed by atoms with E-state index in [-0.39, 0.29) is 5.41 Å². The largest absolute Gasteiger partial charge is 0.460 e. The fraction of sp³-hybridized carbons (Fsp3) is 0.381. The van der Waals surface area contributed by atoms with E-state index < -0.39 is 0 Å². The van der Waals surface area contributed by atoms with Crippen LogP contribution in [-0.4, -0.2) is 30.0 Å². The molecule has 0 atom stereocenters. The van der Waals surface area contributed by atoms with Crippen LogP contribution in [0.3, 0.4) is 0 Å². The summed E-state index contributed by atoms with van der Waals surface area (Å²) in [5.41, 5.74) is 3.59. The van der Waals surface area contributed by atoms with Gasteiger partial charge in [-0.2, -0.15) is 5.10 Å². The minimum atomic E-state index is 0.130. The Labute approximate surface area is 153 Å². The van der Waals surface area contributed by atoms with Crippen molar-refractivity contribution in [3.05, 3.63) is 65.5 Å². The van der Waals surface area contributed by atoms with E-state index in [0.717, 1.165) is 61.9 Å². The first-order valence-electron chi connectivity index (χ1n) is 9.20. The van der Waals surface area contributed by atoms with Gasteiger partial charge in [0.15, 0.2) is 5.76 Å². The number of H-pyrrole nitrogens is 1. The number of aromatic nitrogens is 2. The third-order valence-electron chi connectivity index (χ3n) is 5.32. The Balaban J connectivity index is 1.47. The molecule has 3 aromatic rings. The summed E-state index contributed by atoms with van der Waals surface area (Å²) in [7, 11) is 0. The average molecular weight is 351 g/mol. The molecule has 1 saturated heterocycles. The van der Waals surface area contributed by atoms with Crippen LogP contribution in [0, 0.1) is 6.92 Å². The molecule has 4 rings (SSSR count). The molecule has 1 fully saturated rings. The first-order valence-corrected chi connectivity index (χ1v) is 9.20.